The highest BCUT2D eigenvalue weighted by atomic mass is 14.9. The Labute approximate surface area is 62.2 Å². The molecular formula is C8H14N2. The van der Waals surface area contributed by atoms with Crippen molar-refractivity contribution in [2.24, 2.45) is 11.8 Å². The molecule has 2 nitrogen and oxygen atoms in total. The highest BCUT2D eigenvalue weighted by molar-refractivity contribution is 4.88. The minimum absolute atomic E-state index is 0.287. The Bertz CT molecular complexity index is 137. The fourth-order valence-corrected chi connectivity index (χ4v) is 1.39. The summed E-state index contributed by atoms with van der Waals surface area (Å²) in [5.74, 6) is 0.870. The molecule has 0 radical (unpaired) electrons. The summed E-state index contributed by atoms with van der Waals surface area (Å²) >= 11 is 0. The van der Waals surface area contributed by atoms with E-state index in [1.54, 1.807) is 0 Å². The Kier molecular flexibility index (Phi) is 2.70. The van der Waals surface area contributed by atoms with Crippen molar-refractivity contribution in [1.29, 1.82) is 5.26 Å². The minimum atomic E-state index is 0.287. The molecule has 2 unspecified atom stereocenters. The Morgan fingerprint density at radius 1 is 1.40 bits per heavy atom. The van der Waals surface area contributed by atoms with Crippen LogP contribution >= 0.6 is 0 Å². The highest BCUT2D eigenvalue weighted by Crippen LogP contribution is 2.19. The maximum Gasteiger partial charge on any atom is 0.0659 e. The molecule has 0 bridgehead atoms. The quantitative estimate of drug-likeness (QED) is 0.545. The lowest BCUT2D eigenvalue weighted by Crippen LogP contribution is -2.13. The number of nitrogens with one attached hydrogen (secondary N) is 1. The molecule has 0 amide bonds. The van der Waals surface area contributed by atoms with E-state index in [4.69, 9.17) is 5.26 Å². The first kappa shape index (κ1) is 7.56. The molecule has 1 rings (SSSR count). The van der Waals surface area contributed by atoms with E-state index >= 15 is 0 Å². The van der Waals surface area contributed by atoms with E-state index in [1.807, 2.05) is 0 Å². The van der Waals surface area contributed by atoms with Crippen molar-refractivity contribution in [3.05, 3.63) is 0 Å². The summed E-state index contributed by atoms with van der Waals surface area (Å²) in [7, 11) is 0. The number of hydrogen-bond acceptors (Lipinski definition) is 2. The molecule has 0 spiro atoms. The van der Waals surface area contributed by atoms with Crippen LogP contribution in [0.25, 0.3) is 0 Å². The first-order valence-electron chi connectivity index (χ1n) is 3.95. The molecule has 2 atom stereocenters. The molecular weight excluding hydrogens is 124 g/mol. The number of rotatable bonds is 0. The smallest absolute Gasteiger partial charge is 0.0659 e. The molecule has 1 fully saturated rings. The van der Waals surface area contributed by atoms with Gasteiger partial charge in [0.25, 0.3) is 0 Å². The predicted molar refractivity (Wildman–Crippen MR) is 40.4 cm³/mol. The van der Waals surface area contributed by atoms with Gasteiger partial charge in [0.2, 0.25) is 0 Å². The van der Waals surface area contributed by atoms with Gasteiger partial charge in [-0.15, -0.1) is 0 Å². The van der Waals surface area contributed by atoms with Crippen LogP contribution in [-0.2, 0) is 0 Å². The standard InChI is InChI=1S/C8H14N2/c1-7-2-4-10-5-3-8(7)6-9/h7-8,10H,2-5H2,1H3. The molecule has 0 saturated carbocycles. The van der Waals surface area contributed by atoms with Gasteiger partial charge in [0, 0.05) is 0 Å². The van der Waals surface area contributed by atoms with Gasteiger partial charge in [0.05, 0.1) is 12.0 Å². The third-order valence-electron chi connectivity index (χ3n) is 2.26. The van der Waals surface area contributed by atoms with Crippen LogP contribution in [0.1, 0.15) is 19.8 Å². The molecule has 0 aromatic heterocycles. The van der Waals surface area contributed by atoms with Gasteiger partial charge < -0.3 is 5.32 Å². The average Bonchev–Trinajstić information content (AvgIpc) is 2.13. The first-order chi connectivity index (χ1) is 4.84. The summed E-state index contributed by atoms with van der Waals surface area (Å²) in [6.45, 7) is 4.27. The number of nitrogens with zero attached hydrogens (tertiary/aromatic N) is 1. The molecule has 1 aliphatic heterocycles. The van der Waals surface area contributed by atoms with Crippen LogP contribution in [0.4, 0.5) is 0 Å². The van der Waals surface area contributed by atoms with Crippen LogP contribution < -0.4 is 5.32 Å². The number of hydrogen-bond donors (Lipinski definition) is 1. The highest BCUT2D eigenvalue weighted by Gasteiger charge is 2.18. The van der Waals surface area contributed by atoms with E-state index in [-0.39, 0.29) is 5.92 Å². The maximum atomic E-state index is 8.71. The van der Waals surface area contributed by atoms with Crippen LogP contribution in [0.5, 0.6) is 0 Å². The third kappa shape index (κ3) is 1.71. The van der Waals surface area contributed by atoms with E-state index < -0.39 is 0 Å². The number of nitriles is 1. The zero-order chi connectivity index (χ0) is 7.40. The molecule has 10 heavy (non-hydrogen) atoms. The predicted octanol–water partition coefficient (Wildman–Crippen LogP) is 1.15. The van der Waals surface area contributed by atoms with Crippen LogP contribution in [-0.4, -0.2) is 13.1 Å². The average molecular weight is 138 g/mol. The van der Waals surface area contributed by atoms with Gasteiger partial charge in [-0.3, -0.25) is 0 Å². The molecule has 1 aliphatic rings. The summed E-state index contributed by atoms with van der Waals surface area (Å²) in [6.07, 6.45) is 2.18. The Balaban J connectivity index is 2.45. The second kappa shape index (κ2) is 3.58. The van der Waals surface area contributed by atoms with Gasteiger partial charge in [-0.05, 0) is 31.8 Å². The lowest BCUT2D eigenvalue weighted by molar-refractivity contribution is 0.427. The van der Waals surface area contributed by atoms with Gasteiger partial charge in [0.15, 0.2) is 0 Å². The van der Waals surface area contributed by atoms with Crippen molar-refractivity contribution < 1.29 is 0 Å². The fourth-order valence-electron chi connectivity index (χ4n) is 1.39. The molecule has 0 aromatic rings. The van der Waals surface area contributed by atoms with Crippen molar-refractivity contribution in [3.63, 3.8) is 0 Å². The Hall–Kier alpha value is -0.550. The summed E-state index contributed by atoms with van der Waals surface area (Å²) in [6, 6.07) is 2.35. The lowest BCUT2D eigenvalue weighted by Gasteiger charge is -2.11. The molecule has 0 aliphatic carbocycles. The van der Waals surface area contributed by atoms with Gasteiger partial charge >= 0.3 is 0 Å². The Morgan fingerprint density at radius 2 is 2.10 bits per heavy atom. The minimum Gasteiger partial charge on any atom is -0.317 e. The van der Waals surface area contributed by atoms with Gasteiger partial charge in [-0.25, -0.2) is 0 Å². The van der Waals surface area contributed by atoms with E-state index in [2.05, 4.69) is 18.3 Å². The van der Waals surface area contributed by atoms with Gasteiger partial charge in [-0.1, -0.05) is 6.92 Å². The van der Waals surface area contributed by atoms with Gasteiger partial charge in [-0.2, -0.15) is 5.26 Å². The third-order valence-corrected chi connectivity index (χ3v) is 2.26. The van der Waals surface area contributed by atoms with E-state index in [9.17, 15) is 0 Å². The maximum absolute atomic E-state index is 8.71. The van der Waals surface area contributed by atoms with E-state index in [0.29, 0.717) is 5.92 Å². The first-order valence-corrected chi connectivity index (χ1v) is 3.95. The van der Waals surface area contributed by atoms with Crippen molar-refractivity contribution >= 4 is 0 Å². The Morgan fingerprint density at radius 3 is 2.80 bits per heavy atom. The molecule has 0 aromatic carbocycles. The SMILES string of the molecule is CC1CCNCCC1C#N. The summed E-state index contributed by atoms with van der Waals surface area (Å²) in [5, 5.41) is 12.0. The van der Waals surface area contributed by atoms with Crippen LogP contribution in [0.2, 0.25) is 0 Å². The normalized spacial score (nSPS) is 34.4. The molecule has 1 saturated heterocycles. The van der Waals surface area contributed by atoms with E-state index in [1.165, 1.54) is 0 Å². The lowest BCUT2D eigenvalue weighted by atomic mass is 9.91. The van der Waals surface area contributed by atoms with Crippen LogP contribution in [0.3, 0.4) is 0 Å². The molecule has 1 N–H and O–H groups in total. The summed E-state index contributed by atoms with van der Waals surface area (Å²) in [4.78, 5) is 0. The van der Waals surface area contributed by atoms with Gasteiger partial charge in [0.1, 0.15) is 0 Å². The molecule has 2 heteroatoms. The fraction of sp³-hybridized carbons (Fsp3) is 0.875. The summed E-state index contributed by atoms with van der Waals surface area (Å²) in [5.41, 5.74) is 0. The second-order valence-electron chi connectivity index (χ2n) is 3.04. The zero-order valence-electron chi connectivity index (χ0n) is 6.43. The van der Waals surface area contributed by atoms with E-state index in [0.717, 1.165) is 25.9 Å². The molecule has 1 heterocycles. The molecule has 56 valence electrons. The summed E-state index contributed by atoms with van der Waals surface area (Å²) < 4.78 is 0. The van der Waals surface area contributed by atoms with Crippen molar-refractivity contribution in [1.82, 2.24) is 5.32 Å². The zero-order valence-corrected chi connectivity index (χ0v) is 6.43. The van der Waals surface area contributed by atoms with Crippen molar-refractivity contribution in [2.45, 2.75) is 19.8 Å². The van der Waals surface area contributed by atoms with Crippen molar-refractivity contribution in [2.75, 3.05) is 13.1 Å². The monoisotopic (exact) mass is 138 g/mol. The van der Waals surface area contributed by atoms with Crippen LogP contribution in [0.15, 0.2) is 0 Å². The second-order valence-corrected chi connectivity index (χ2v) is 3.04. The van der Waals surface area contributed by atoms with Crippen LogP contribution in [0, 0.1) is 23.2 Å². The van der Waals surface area contributed by atoms with Crippen molar-refractivity contribution in [3.8, 4) is 6.07 Å². The topological polar surface area (TPSA) is 35.8 Å². The largest absolute Gasteiger partial charge is 0.317 e.